The third kappa shape index (κ3) is 6.27. The molecule has 3 aromatic rings. The lowest BCUT2D eigenvalue weighted by molar-refractivity contribution is -0.117. The van der Waals surface area contributed by atoms with Gasteiger partial charge >= 0.3 is 0 Å². The Kier molecular flexibility index (Phi) is 7.95. The maximum atomic E-state index is 13.1. The number of hydrogen-bond acceptors (Lipinski definition) is 4. The van der Waals surface area contributed by atoms with Gasteiger partial charge in [0, 0.05) is 25.3 Å². The molecule has 0 spiro atoms. The van der Waals surface area contributed by atoms with E-state index in [2.05, 4.69) is 34.0 Å². The van der Waals surface area contributed by atoms with Gasteiger partial charge < -0.3 is 10.2 Å². The average Bonchev–Trinajstić information content (AvgIpc) is 2.91. The number of hydrogen-bond donors (Lipinski definition) is 2. The first kappa shape index (κ1) is 24.9. The second kappa shape index (κ2) is 11.5. The van der Waals surface area contributed by atoms with Crippen molar-refractivity contribution in [3.05, 3.63) is 106 Å². The van der Waals surface area contributed by atoms with Gasteiger partial charge in [0.25, 0.3) is 11.8 Å². The SMILES string of the molecule is CC(=NNC(=O)C(=Cc1ccc(N(C)C)cc1)NC(=O)c1ccccc1)c1ccc2c(c1)CCCC2. The molecule has 0 saturated carbocycles. The summed E-state index contributed by atoms with van der Waals surface area (Å²) in [5, 5.41) is 7.10. The normalized spacial score (nSPS) is 13.5. The highest BCUT2D eigenvalue weighted by Crippen LogP contribution is 2.22. The highest BCUT2D eigenvalue weighted by atomic mass is 16.2. The van der Waals surface area contributed by atoms with E-state index in [1.54, 1.807) is 30.3 Å². The van der Waals surface area contributed by atoms with Crippen molar-refractivity contribution in [2.45, 2.75) is 32.6 Å². The predicted octanol–water partition coefficient (Wildman–Crippen LogP) is 4.94. The van der Waals surface area contributed by atoms with Crippen LogP contribution in [-0.2, 0) is 17.6 Å². The van der Waals surface area contributed by atoms with E-state index < -0.39 is 5.91 Å². The molecular formula is C30H32N4O2. The quantitative estimate of drug-likeness (QED) is 0.286. The van der Waals surface area contributed by atoms with Crippen LogP contribution in [0.3, 0.4) is 0 Å². The predicted molar refractivity (Wildman–Crippen MR) is 146 cm³/mol. The summed E-state index contributed by atoms with van der Waals surface area (Å²) in [5.74, 6) is -0.856. The van der Waals surface area contributed by atoms with Crippen molar-refractivity contribution in [2.24, 2.45) is 5.10 Å². The first-order chi connectivity index (χ1) is 17.4. The van der Waals surface area contributed by atoms with Gasteiger partial charge in [-0.05, 0) is 91.3 Å². The van der Waals surface area contributed by atoms with Gasteiger partial charge in [0.1, 0.15) is 5.70 Å². The molecule has 184 valence electrons. The van der Waals surface area contributed by atoms with Crippen molar-refractivity contribution < 1.29 is 9.59 Å². The van der Waals surface area contributed by atoms with Crippen LogP contribution < -0.4 is 15.6 Å². The van der Waals surface area contributed by atoms with Gasteiger partial charge in [0.2, 0.25) is 0 Å². The van der Waals surface area contributed by atoms with E-state index in [1.807, 2.05) is 56.3 Å². The van der Waals surface area contributed by atoms with Gasteiger partial charge in [-0.25, -0.2) is 5.43 Å². The van der Waals surface area contributed by atoms with Gasteiger partial charge in [-0.3, -0.25) is 9.59 Å². The Bertz CT molecular complexity index is 1290. The highest BCUT2D eigenvalue weighted by Gasteiger charge is 2.15. The van der Waals surface area contributed by atoms with Crippen molar-refractivity contribution in [2.75, 3.05) is 19.0 Å². The summed E-state index contributed by atoms with van der Waals surface area (Å²) in [6, 6.07) is 22.9. The number of rotatable bonds is 7. The van der Waals surface area contributed by atoms with Crippen molar-refractivity contribution in [3.8, 4) is 0 Å². The van der Waals surface area contributed by atoms with E-state index in [-0.39, 0.29) is 11.6 Å². The zero-order valence-electron chi connectivity index (χ0n) is 21.0. The summed E-state index contributed by atoms with van der Waals surface area (Å²) in [5.41, 5.74) is 9.48. The molecule has 0 fully saturated rings. The Morgan fingerprint density at radius 3 is 2.25 bits per heavy atom. The molecule has 4 rings (SSSR count). The topological polar surface area (TPSA) is 73.8 Å². The molecule has 2 amide bonds. The lowest BCUT2D eigenvalue weighted by Gasteiger charge is -2.16. The van der Waals surface area contributed by atoms with Gasteiger partial charge in [-0.2, -0.15) is 5.10 Å². The highest BCUT2D eigenvalue weighted by molar-refractivity contribution is 6.06. The van der Waals surface area contributed by atoms with Crippen LogP contribution in [0.1, 0.15) is 52.4 Å². The number of fused-ring (bicyclic) bond motifs is 1. The van der Waals surface area contributed by atoms with Crippen molar-refractivity contribution in [3.63, 3.8) is 0 Å². The number of hydrazone groups is 1. The number of nitrogens with zero attached hydrogens (tertiary/aromatic N) is 2. The zero-order valence-corrected chi connectivity index (χ0v) is 21.0. The number of amides is 2. The van der Waals surface area contributed by atoms with Crippen LogP contribution in [0.15, 0.2) is 83.6 Å². The number of nitrogens with one attached hydrogen (secondary N) is 2. The number of benzene rings is 3. The average molecular weight is 481 g/mol. The monoisotopic (exact) mass is 480 g/mol. The fraction of sp³-hybridized carbons (Fsp3) is 0.233. The molecule has 0 unspecified atom stereocenters. The maximum absolute atomic E-state index is 13.1. The standard InChI is InChI=1S/C30H32N4O2/c1-21(25-16-15-23-9-7-8-12-26(23)20-25)32-33-30(36)28(31-29(35)24-10-5-4-6-11-24)19-22-13-17-27(18-14-22)34(2)3/h4-6,10-11,13-20H,7-9,12H2,1-3H3,(H,31,35)(H,33,36). The van der Waals surface area contributed by atoms with E-state index in [1.165, 1.54) is 24.0 Å². The van der Waals surface area contributed by atoms with Crippen molar-refractivity contribution in [1.82, 2.24) is 10.7 Å². The van der Waals surface area contributed by atoms with Gasteiger partial charge in [-0.15, -0.1) is 0 Å². The van der Waals surface area contributed by atoms with E-state index in [0.29, 0.717) is 11.3 Å². The molecule has 0 atom stereocenters. The Morgan fingerprint density at radius 1 is 0.861 bits per heavy atom. The van der Waals surface area contributed by atoms with Crippen LogP contribution in [0.2, 0.25) is 0 Å². The fourth-order valence-electron chi connectivity index (χ4n) is 4.20. The minimum atomic E-state index is -0.492. The molecule has 1 aliphatic carbocycles. The zero-order chi connectivity index (χ0) is 25.5. The van der Waals surface area contributed by atoms with Crippen molar-refractivity contribution >= 4 is 29.3 Å². The number of carbonyl (C=O) groups excluding carboxylic acids is 2. The first-order valence-electron chi connectivity index (χ1n) is 12.2. The van der Waals surface area contributed by atoms with Crippen molar-refractivity contribution in [1.29, 1.82) is 0 Å². The molecule has 0 saturated heterocycles. The summed E-state index contributed by atoms with van der Waals surface area (Å²) < 4.78 is 0. The second-order valence-corrected chi connectivity index (χ2v) is 9.19. The van der Waals surface area contributed by atoms with Crippen LogP contribution in [0.5, 0.6) is 0 Å². The molecule has 0 heterocycles. The molecule has 6 heteroatoms. The number of anilines is 1. The van der Waals surface area contributed by atoms with E-state index in [9.17, 15) is 9.59 Å². The van der Waals surface area contributed by atoms with Gasteiger partial charge in [0.15, 0.2) is 0 Å². The van der Waals surface area contributed by atoms with Gasteiger partial charge in [0.05, 0.1) is 5.71 Å². The lowest BCUT2D eigenvalue weighted by Crippen LogP contribution is -2.33. The molecule has 0 radical (unpaired) electrons. The fourth-order valence-corrected chi connectivity index (χ4v) is 4.20. The van der Waals surface area contributed by atoms with E-state index >= 15 is 0 Å². The van der Waals surface area contributed by atoms with Gasteiger partial charge in [-0.1, -0.05) is 42.5 Å². The second-order valence-electron chi connectivity index (χ2n) is 9.19. The molecular weight excluding hydrogens is 448 g/mol. The minimum Gasteiger partial charge on any atom is -0.378 e. The molecule has 0 aliphatic heterocycles. The molecule has 6 nitrogen and oxygen atoms in total. The van der Waals surface area contributed by atoms with Crippen LogP contribution >= 0.6 is 0 Å². The third-order valence-corrected chi connectivity index (χ3v) is 6.34. The third-order valence-electron chi connectivity index (χ3n) is 6.34. The Hall–Kier alpha value is -4.19. The van der Waals surface area contributed by atoms with E-state index in [4.69, 9.17) is 0 Å². The van der Waals surface area contributed by atoms with Crippen LogP contribution in [0.4, 0.5) is 5.69 Å². The Morgan fingerprint density at radius 2 is 1.56 bits per heavy atom. The van der Waals surface area contributed by atoms with E-state index in [0.717, 1.165) is 29.7 Å². The summed E-state index contributed by atoms with van der Waals surface area (Å²) in [6.45, 7) is 1.87. The summed E-state index contributed by atoms with van der Waals surface area (Å²) in [6.07, 6.45) is 6.28. The minimum absolute atomic E-state index is 0.114. The molecule has 36 heavy (non-hydrogen) atoms. The maximum Gasteiger partial charge on any atom is 0.287 e. The largest absolute Gasteiger partial charge is 0.378 e. The smallest absolute Gasteiger partial charge is 0.287 e. The first-order valence-corrected chi connectivity index (χ1v) is 12.2. The summed E-state index contributed by atoms with van der Waals surface area (Å²) in [7, 11) is 3.93. The summed E-state index contributed by atoms with van der Waals surface area (Å²) in [4.78, 5) is 28.0. The molecule has 0 bridgehead atoms. The van der Waals surface area contributed by atoms with Crippen LogP contribution in [-0.4, -0.2) is 31.6 Å². The Balaban J connectivity index is 1.55. The number of carbonyl (C=O) groups is 2. The van der Waals surface area contributed by atoms with Crippen LogP contribution in [0.25, 0.3) is 6.08 Å². The molecule has 3 aromatic carbocycles. The van der Waals surface area contributed by atoms with Crippen LogP contribution in [0, 0.1) is 0 Å². The number of aryl methyl sites for hydroxylation is 2. The molecule has 0 aromatic heterocycles. The Labute approximate surface area is 212 Å². The summed E-state index contributed by atoms with van der Waals surface area (Å²) >= 11 is 0. The molecule has 1 aliphatic rings. The molecule has 2 N–H and O–H groups in total. The lowest BCUT2D eigenvalue weighted by atomic mass is 9.90.